The molecule has 0 aliphatic heterocycles. The molecule has 1 aromatic carbocycles. The largest absolute Gasteiger partial charge is 0.207 e. The first-order valence-electron chi connectivity index (χ1n) is 4.04. The van der Waals surface area contributed by atoms with Gasteiger partial charge < -0.3 is 0 Å². The molecule has 0 nitrogen and oxygen atoms in total. The molecule has 0 saturated heterocycles. The van der Waals surface area contributed by atoms with Gasteiger partial charge in [0, 0.05) is 5.25 Å². The molecule has 0 aliphatic rings. The number of hydrogen-bond acceptors (Lipinski definition) is 1. The third-order valence-electron chi connectivity index (χ3n) is 1.76. The Morgan fingerprint density at radius 1 is 1.46 bits per heavy atom. The Morgan fingerprint density at radius 3 is 2.62 bits per heavy atom. The molecular weight excluding hydrogens is 183 g/mol. The van der Waals surface area contributed by atoms with Gasteiger partial charge in [0.2, 0.25) is 0 Å². The molecule has 0 amide bonds. The van der Waals surface area contributed by atoms with Crippen molar-refractivity contribution in [3.63, 3.8) is 0 Å². The molecule has 1 atom stereocenters. The second-order valence-electron chi connectivity index (χ2n) is 2.71. The normalized spacial score (nSPS) is 12.1. The quantitative estimate of drug-likeness (QED) is 0.665. The monoisotopic (exact) mass is 194 g/mol. The highest BCUT2D eigenvalue weighted by Gasteiger charge is 2.04. The number of thioether (sulfide) groups is 1. The van der Waals surface area contributed by atoms with Crippen molar-refractivity contribution in [3.8, 4) is 12.3 Å². The van der Waals surface area contributed by atoms with Gasteiger partial charge in [-0.05, 0) is 24.6 Å². The first-order valence-corrected chi connectivity index (χ1v) is 5.09. The lowest BCUT2D eigenvalue weighted by molar-refractivity contribution is 0.627. The fourth-order valence-corrected chi connectivity index (χ4v) is 1.70. The van der Waals surface area contributed by atoms with Crippen LogP contribution >= 0.6 is 11.8 Å². The van der Waals surface area contributed by atoms with Crippen LogP contribution in [-0.2, 0) is 0 Å². The van der Waals surface area contributed by atoms with Crippen molar-refractivity contribution in [1.29, 1.82) is 0 Å². The minimum atomic E-state index is -0.196. The smallest absolute Gasteiger partial charge is 0.123 e. The lowest BCUT2D eigenvalue weighted by Crippen LogP contribution is -1.89. The molecule has 0 fully saturated rings. The Morgan fingerprint density at radius 2 is 2.08 bits per heavy atom. The Kier molecular flexibility index (Phi) is 3.85. The topological polar surface area (TPSA) is 0 Å². The Labute approximate surface area is 82.5 Å². The molecule has 0 saturated carbocycles. The molecule has 13 heavy (non-hydrogen) atoms. The standard InChI is InChI=1S/C11H11FS/c1-3-8-13-9(2)10-4-6-11(12)7-5-10/h1,4-7,9H,8H2,2H3. The van der Waals surface area contributed by atoms with E-state index >= 15 is 0 Å². The third-order valence-corrected chi connectivity index (χ3v) is 2.86. The number of terminal acetylenes is 1. The van der Waals surface area contributed by atoms with Crippen molar-refractivity contribution in [2.24, 2.45) is 0 Å². The Balaban J connectivity index is 2.62. The van der Waals surface area contributed by atoms with Crippen LogP contribution in [-0.4, -0.2) is 5.75 Å². The SMILES string of the molecule is C#CCSC(C)c1ccc(F)cc1. The summed E-state index contributed by atoms with van der Waals surface area (Å²) in [5.74, 6) is 3.07. The summed E-state index contributed by atoms with van der Waals surface area (Å²) in [6.45, 7) is 2.06. The highest BCUT2D eigenvalue weighted by Crippen LogP contribution is 2.27. The van der Waals surface area contributed by atoms with Gasteiger partial charge in [0.25, 0.3) is 0 Å². The molecule has 0 radical (unpaired) electrons. The van der Waals surface area contributed by atoms with Crippen LogP contribution in [0, 0.1) is 18.2 Å². The molecule has 0 spiro atoms. The molecule has 0 aliphatic carbocycles. The summed E-state index contributed by atoms with van der Waals surface area (Å²) in [6.07, 6.45) is 5.15. The molecule has 0 aromatic heterocycles. The van der Waals surface area contributed by atoms with Crippen LogP contribution in [0.3, 0.4) is 0 Å². The number of hydrogen-bond donors (Lipinski definition) is 0. The van der Waals surface area contributed by atoms with Crippen molar-refractivity contribution in [2.75, 3.05) is 5.75 Å². The first-order chi connectivity index (χ1) is 6.24. The van der Waals surface area contributed by atoms with Gasteiger partial charge in [0.05, 0.1) is 5.75 Å². The van der Waals surface area contributed by atoms with E-state index in [1.165, 1.54) is 12.1 Å². The fourth-order valence-electron chi connectivity index (χ4n) is 1.00. The fraction of sp³-hybridized carbons (Fsp3) is 0.273. The van der Waals surface area contributed by atoms with Gasteiger partial charge in [-0.25, -0.2) is 4.39 Å². The Hall–Kier alpha value is -0.940. The van der Waals surface area contributed by atoms with E-state index in [0.717, 1.165) is 5.56 Å². The zero-order valence-electron chi connectivity index (χ0n) is 7.46. The van der Waals surface area contributed by atoms with Gasteiger partial charge in [0.1, 0.15) is 5.82 Å². The van der Waals surface area contributed by atoms with Crippen molar-refractivity contribution >= 4 is 11.8 Å². The van der Waals surface area contributed by atoms with Crippen LogP contribution < -0.4 is 0 Å². The zero-order chi connectivity index (χ0) is 9.68. The van der Waals surface area contributed by atoms with E-state index < -0.39 is 0 Å². The van der Waals surface area contributed by atoms with Crippen LogP contribution in [0.15, 0.2) is 24.3 Å². The zero-order valence-corrected chi connectivity index (χ0v) is 8.27. The van der Waals surface area contributed by atoms with Crippen molar-refractivity contribution in [2.45, 2.75) is 12.2 Å². The van der Waals surface area contributed by atoms with Gasteiger partial charge >= 0.3 is 0 Å². The predicted molar refractivity (Wildman–Crippen MR) is 56.1 cm³/mol. The third kappa shape index (κ3) is 3.12. The average molecular weight is 194 g/mol. The van der Waals surface area contributed by atoms with E-state index in [0.29, 0.717) is 11.0 Å². The van der Waals surface area contributed by atoms with E-state index in [1.54, 1.807) is 23.9 Å². The maximum atomic E-state index is 12.6. The van der Waals surface area contributed by atoms with Gasteiger partial charge in [-0.15, -0.1) is 18.2 Å². The summed E-state index contributed by atoms with van der Waals surface area (Å²) in [4.78, 5) is 0. The molecule has 0 bridgehead atoms. The first kappa shape index (κ1) is 10.1. The van der Waals surface area contributed by atoms with Crippen molar-refractivity contribution < 1.29 is 4.39 Å². The van der Waals surface area contributed by atoms with Crippen LogP contribution in [0.25, 0.3) is 0 Å². The van der Waals surface area contributed by atoms with Gasteiger partial charge in [-0.1, -0.05) is 18.1 Å². The molecular formula is C11H11FS. The molecule has 0 heterocycles. The summed E-state index contributed by atoms with van der Waals surface area (Å²) in [5.41, 5.74) is 1.11. The minimum absolute atomic E-state index is 0.196. The van der Waals surface area contributed by atoms with E-state index in [9.17, 15) is 4.39 Å². The number of rotatable bonds is 3. The predicted octanol–water partition coefficient (Wildman–Crippen LogP) is 3.25. The number of halogens is 1. The summed E-state index contributed by atoms with van der Waals surface area (Å²) in [5, 5.41) is 0.330. The van der Waals surface area contributed by atoms with Crippen molar-refractivity contribution in [1.82, 2.24) is 0 Å². The van der Waals surface area contributed by atoms with E-state index in [-0.39, 0.29) is 5.82 Å². The number of benzene rings is 1. The van der Waals surface area contributed by atoms with Crippen LogP contribution in [0.5, 0.6) is 0 Å². The molecule has 1 aromatic rings. The molecule has 0 N–H and O–H groups in total. The molecule has 2 heteroatoms. The van der Waals surface area contributed by atoms with Gasteiger partial charge in [-0.2, -0.15) is 0 Å². The van der Waals surface area contributed by atoms with Gasteiger partial charge in [0.15, 0.2) is 0 Å². The van der Waals surface area contributed by atoms with Crippen LogP contribution in [0.1, 0.15) is 17.7 Å². The maximum Gasteiger partial charge on any atom is 0.123 e. The Bertz CT molecular complexity index is 297. The molecule has 1 rings (SSSR count). The van der Waals surface area contributed by atoms with Gasteiger partial charge in [-0.3, -0.25) is 0 Å². The average Bonchev–Trinajstić information content (AvgIpc) is 2.15. The lowest BCUT2D eigenvalue weighted by atomic mass is 10.2. The molecule has 1 unspecified atom stereocenters. The van der Waals surface area contributed by atoms with Crippen molar-refractivity contribution in [3.05, 3.63) is 35.6 Å². The maximum absolute atomic E-state index is 12.6. The van der Waals surface area contributed by atoms with Crippen LogP contribution in [0.4, 0.5) is 4.39 Å². The lowest BCUT2D eigenvalue weighted by Gasteiger charge is -2.08. The highest BCUT2D eigenvalue weighted by atomic mass is 32.2. The second kappa shape index (κ2) is 4.94. The summed E-state index contributed by atoms with van der Waals surface area (Å²) >= 11 is 1.68. The summed E-state index contributed by atoms with van der Waals surface area (Å²) in [6, 6.07) is 6.54. The van der Waals surface area contributed by atoms with E-state index in [2.05, 4.69) is 12.8 Å². The van der Waals surface area contributed by atoms with E-state index in [4.69, 9.17) is 6.42 Å². The second-order valence-corrected chi connectivity index (χ2v) is 4.04. The summed E-state index contributed by atoms with van der Waals surface area (Å²) in [7, 11) is 0. The highest BCUT2D eigenvalue weighted by molar-refractivity contribution is 7.99. The van der Waals surface area contributed by atoms with E-state index in [1.807, 2.05) is 0 Å². The van der Waals surface area contributed by atoms with Crippen LogP contribution in [0.2, 0.25) is 0 Å². The minimum Gasteiger partial charge on any atom is -0.207 e. The summed E-state index contributed by atoms with van der Waals surface area (Å²) < 4.78 is 12.6. The molecule has 68 valence electrons.